The van der Waals surface area contributed by atoms with Gasteiger partial charge in [-0.1, -0.05) is 36.4 Å². The largest absolute Gasteiger partial charge is 0.423 e. The Labute approximate surface area is 164 Å². The van der Waals surface area contributed by atoms with Crippen molar-refractivity contribution in [1.29, 1.82) is 0 Å². The molecule has 7 heteroatoms. The minimum absolute atomic E-state index is 0.0306. The van der Waals surface area contributed by atoms with Crippen molar-refractivity contribution >= 4 is 11.9 Å². The molecule has 1 amide bonds. The number of rotatable bonds is 5. The zero-order valence-corrected chi connectivity index (χ0v) is 15.1. The number of carbonyl (C=O) groups is 2. The SMILES string of the molecule is O=C(NCc1ccccc1)c1cccc(OC(=O)c2ccc(C(F)(F)F)cc2)c1. The van der Waals surface area contributed by atoms with Crippen molar-refractivity contribution in [1.82, 2.24) is 5.32 Å². The molecule has 1 N–H and O–H groups in total. The zero-order chi connectivity index (χ0) is 20.9. The third-order valence-electron chi connectivity index (χ3n) is 4.05. The zero-order valence-electron chi connectivity index (χ0n) is 15.1. The lowest BCUT2D eigenvalue weighted by atomic mass is 10.1. The van der Waals surface area contributed by atoms with Gasteiger partial charge in [-0.3, -0.25) is 4.79 Å². The second-order valence-corrected chi connectivity index (χ2v) is 6.16. The maximum Gasteiger partial charge on any atom is 0.416 e. The standard InChI is InChI=1S/C22H16F3NO3/c23-22(24,25)18-11-9-16(10-12-18)21(28)29-19-8-4-7-17(13-19)20(27)26-14-15-5-2-1-3-6-15/h1-13H,14H2,(H,26,27). The second kappa shape index (κ2) is 8.60. The van der Waals surface area contributed by atoms with Gasteiger partial charge in [0.15, 0.2) is 0 Å². The van der Waals surface area contributed by atoms with E-state index in [2.05, 4.69) is 5.32 Å². The average Bonchev–Trinajstić information content (AvgIpc) is 2.72. The van der Waals surface area contributed by atoms with Gasteiger partial charge in [0, 0.05) is 12.1 Å². The molecule has 0 spiro atoms. The lowest BCUT2D eigenvalue weighted by molar-refractivity contribution is -0.137. The quantitative estimate of drug-likeness (QED) is 0.493. The van der Waals surface area contributed by atoms with Crippen LogP contribution in [0.1, 0.15) is 31.8 Å². The molecule has 0 heterocycles. The van der Waals surface area contributed by atoms with Crippen LogP contribution in [0.5, 0.6) is 5.75 Å². The van der Waals surface area contributed by atoms with Crippen LogP contribution >= 0.6 is 0 Å². The van der Waals surface area contributed by atoms with Crippen molar-refractivity contribution < 1.29 is 27.5 Å². The molecule has 0 fully saturated rings. The molecule has 0 unspecified atom stereocenters. The molecule has 4 nitrogen and oxygen atoms in total. The van der Waals surface area contributed by atoms with Gasteiger partial charge in [-0.15, -0.1) is 0 Å². The summed E-state index contributed by atoms with van der Waals surface area (Å²) in [6, 6.07) is 19.1. The van der Waals surface area contributed by atoms with E-state index in [1.54, 1.807) is 12.1 Å². The van der Waals surface area contributed by atoms with Crippen molar-refractivity contribution in [2.45, 2.75) is 12.7 Å². The van der Waals surface area contributed by atoms with Crippen LogP contribution < -0.4 is 10.1 Å². The number of halogens is 3. The van der Waals surface area contributed by atoms with E-state index in [9.17, 15) is 22.8 Å². The van der Waals surface area contributed by atoms with Crippen LogP contribution in [0.25, 0.3) is 0 Å². The topological polar surface area (TPSA) is 55.4 Å². The predicted molar refractivity (Wildman–Crippen MR) is 100 cm³/mol. The Balaban J connectivity index is 1.64. The van der Waals surface area contributed by atoms with Crippen LogP contribution in [0.3, 0.4) is 0 Å². The highest BCUT2D eigenvalue weighted by Crippen LogP contribution is 2.29. The van der Waals surface area contributed by atoms with E-state index in [0.717, 1.165) is 29.8 Å². The summed E-state index contributed by atoms with van der Waals surface area (Å²) < 4.78 is 43.0. The number of hydrogen-bond donors (Lipinski definition) is 1. The van der Waals surface area contributed by atoms with Gasteiger partial charge in [0.2, 0.25) is 0 Å². The molecule has 29 heavy (non-hydrogen) atoms. The highest BCUT2D eigenvalue weighted by molar-refractivity contribution is 5.95. The summed E-state index contributed by atoms with van der Waals surface area (Å²) in [4.78, 5) is 24.5. The number of nitrogens with one attached hydrogen (secondary N) is 1. The number of benzene rings is 3. The van der Waals surface area contributed by atoms with Crippen molar-refractivity contribution in [3.8, 4) is 5.75 Å². The lowest BCUT2D eigenvalue weighted by Gasteiger charge is -2.09. The van der Waals surface area contributed by atoms with Gasteiger partial charge in [-0.05, 0) is 48.0 Å². The first kappa shape index (κ1) is 20.1. The Hall–Kier alpha value is -3.61. The molecule has 0 saturated carbocycles. The first-order valence-corrected chi connectivity index (χ1v) is 8.64. The fourth-order valence-electron chi connectivity index (χ4n) is 2.54. The normalized spacial score (nSPS) is 11.0. The number of hydrogen-bond acceptors (Lipinski definition) is 3. The van der Waals surface area contributed by atoms with Gasteiger partial charge >= 0.3 is 12.1 Å². The molecule has 0 radical (unpaired) electrons. The fourth-order valence-corrected chi connectivity index (χ4v) is 2.54. The first-order chi connectivity index (χ1) is 13.8. The van der Waals surface area contributed by atoms with Gasteiger partial charge < -0.3 is 10.1 Å². The third-order valence-corrected chi connectivity index (χ3v) is 4.05. The summed E-state index contributed by atoms with van der Waals surface area (Å²) in [5, 5.41) is 2.76. The van der Waals surface area contributed by atoms with Crippen LogP contribution in [-0.4, -0.2) is 11.9 Å². The molecular weight excluding hydrogens is 383 g/mol. The summed E-state index contributed by atoms with van der Waals surface area (Å²) in [7, 11) is 0. The summed E-state index contributed by atoms with van der Waals surface area (Å²) in [6.45, 7) is 0.343. The molecule has 0 aromatic heterocycles. The van der Waals surface area contributed by atoms with Gasteiger partial charge in [0.25, 0.3) is 5.91 Å². The molecule has 3 rings (SSSR count). The van der Waals surface area contributed by atoms with Gasteiger partial charge in [-0.2, -0.15) is 13.2 Å². The van der Waals surface area contributed by atoms with Gasteiger partial charge in [0.05, 0.1) is 11.1 Å². The smallest absolute Gasteiger partial charge is 0.416 e. The molecule has 3 aromatic rings. The highest BCUT2D eigenvalue weighted by Gasteiger charge is 2.30. The minimum atomic E-state index is -4.48. The van der Waals surface area contributed by atoms with E-state index in [-0.39, 0.29) is 17.2 Å². The van der Waals surface area contributed by atoms with Crippen LogP contribution in [0.4, 0.5) is 13.2 Å². The van der Waals surface area contributed by atoms with E-state index in [1.807, 2.05) is 30.3 Å². The minimum Gasteiger partial charge on any atom is -0.423 e. The van der Waals surface area contributed by atoms with E-state index in [1.165, 1.54) is 12.1 Å². The first-order valence-electron chi connectivity index (χ1n) is 8.64. The highest BCUT2D eigenvalue weighted by atomic mass is 19.4. The van der Waals surface area contributed by atoms with Crippen molar-refractivity contribution in [3.63, 3.8) is 0 Å². The number of amides is 1. The second-order valence-electron chi connectivity index (χ2n) is 6.16. The summed E-state index contributed by atoms with van der Waals surface area (Å²) in [6.07, 6.45) is -4.48. The summed E-state index contributed by atoms with van der Waals surface area (Å²) in [5.74, 6) is -1.05. The maximum atomic E-state index is 12.6. The molecule has 148 valence electrons. The molecule has 3 aromatic carbocycles. The van der Waals surface area contributed by atoms with Crippen LogP contribution in [0.15, 0.2) is 78.9 Å². The molecule has 0 aliphatic rings. The summed E-state index contributed by atoms with van der Waals surface area (Å²) >= 11 is 0. The Kier molecular flexibility index (Phi) is 5.97. The van der Waals surface area contributed by atoms with Crippen molar-refractivity contribution in [2.24, 2.45) is 0 Å². The third kappa shape index (κ3) is 5.44. The molecule has 0 aliphatic heterocycles. The summed E-state index contributed by atoms with van der Waals surface area (Å²) in [5.41, 5.74) is 0.340. The molecule has 0 atom stereocenters. The van der Waals surface area contributed by atoms with Gasteiger partial charge in [0.1, 0.15) is 5.75 Å². The molecule has 0 bridgehead atoms. The van der Waals surface area contributed by atoms with Crippen molar-refractivity contribution in [3.05, 3.63) is 101 Å². The van der Waals surface area contributed by atoms with E-state index >= 15 is 0 Å². The average molecular weight is 399 g/mol. The Morgan fingerprint density at radius 1 is 0.828 bits per heavy atom. The number of alkyl halides is 3. The number of esters is 1. The van der Waals surface area contributed by atoms with E-state index in [4.69, 9.17) is 4.74 Å². The predicted octanol–water partition coefficient (Wildman–Crippen LogP) is 4.85. The van der Waals surface area contributed by atoms with Gasteiger partial charge in [-0.25, -0.2) is 4.79 Å². The fraction of sp³-hybridized carbons (Fsp3) is 0.0909. The Morgan fingerprint density at radius 2 is 1.52 bits per heavy atom. The Bertz CT molecular complexity index is 1000. The van der Waals surface area contributed by atoms with Crippen LogP contribution in [0.2, 0.25) is 0 Å². The molecular formula is C22H16F3NO3. The van der Waals surface area contributed by atoms with Crippen LogP contribution in [-0.2, 0) is 12.7 Å². The number of ether oxygens (including phenoxy) is 1. The van der Waals surface area contributed by atoms with Crippen LogP contribution in [0, 0.1) is 0 Å². The monoisotopic (exact) mass is 399 g/mol. The molecule has 0 saturated heterocycles. The lowest BCUT2D eigenvalue weighted by Crippen LogP contribution is -2.22. The maximum absolute atomic E-state index is 12.6. The molecule has 0 aliphatic carbocycles. The van der Waals surface area contributed by atoms with E-state index in [0.29, 0.717) is 12.1 Å². The number of carbonyl (C=O) groups excluding carboxylic acids is 2. The Morgan fingerprint density at radius 3 is 2.17 bits per heavy atom. The van der Waals surface area contributed by atoms with Crippen molar-refractivity contribution in [2.75, 3.05) is 0 Å². The van der Waals surface area contributed by atoms with E-state index < -0.39 is 17.7 Å².